The lowest BCUT2D eigenvalue weighted by atomic mass is 10.0. The molecule has 0 radical (unpaired) electrons. The molecule has 0 aromatic heterocycles. The molecule has 3 rings (SSSR count). The molecule has 1 fully saturated rings. The quantitative estimate of drug-likeness (QED) is 0.812. The molecule has 0 saturated carbocycles. The van der Waals surface area contributed by atoms with Gasteiger partial charge in [-0.1, -0.05) is 38.1 Å². The Morgan fingerprint density at radius 3 is 2.67 bits per heavy atom. The van der Waals surface area contributed by atoms with E-state index in [-0.39, 0.29) is 23.8 Å². The zero-order valence-corrected chi connectivity index (χ0v) is 16.6. The molecule has 0 spiro atoms. The van der Waals surface area contributed by atoms with Gasteiger partial charge in [0.05, 0.1) is 5.75 Å². The molecule has 1 atom stereocenters. The average molecular weight is 385 g/mol. The van der Waals surface area contributed by atoms with Gasteiger partial charge in [0, 0.05) is 18.5 Å². The van der Waals surface area contributed by atoms with Crippen molar-refractivity contribution < 1.29 is 14.3 Å². The number of methoxy groups -OCH3 is 1. The first-order valence-corrected chi connectivity index (χ1v) is 9.97. The number of nitrogens with zero attached hydrogens (tertiary/aromatic N) is 1. The van der Waals surface area contributed by atoms with Gasteiger partial charge in [0.15, 0.2) is 0 Å². The molecule has 6 heteroatoms. The molecule has 27 heavy (non-hydrogen) atoms. The Hall–Kier alpha value is -2.31. The van der Waals surface area contributed by atoms with Crippen LogP contribution in [-0.4, -0.2) is 31.3 Å². The lowest BCUT2D eigenvalue weighted by Crippen LogP contribution is -2.27. The van der Waals surface area contributed by atoms with Gasteiger partial charge in [-0.3, -0.25) is 14.5 Å². The first kappa shape index (κ1) is 19.5. The Morgan fingerprint density at radius 1 is 1.26 bits per heavy atom. The van der Waals surface area contributed by atoms with Gasteiger partial charge in [0.2, 0.25) is 11.8 Å². The fourth-order valence-corrected chi connectivity index (χ4v) is 4.23. The number of rotatable bonds is 6. The maximum absolute atomic E-state index is 12.5. The van der Waals surface area contributed by atoms with Crippen LogP contribution >= 0.6 is 11.8 Å². The maximum atomic E-state index is 12.5. The zero-order chi connectivity index (χ0) is 19.4. The largest absolute Gasteiger partial charge is 0.375 e. The van der Waals surface area contributed by atoms with E-state index in [1.807, 2.05) is 41.3 Å². The number of carbonyl (C=O) groups is 2. The summed E-state index contributed by atoms with van der Waals surface area (Å²) in [5.41, 5.74) is 3.82. The van der Waals surface area contributed by atoms with Crippen LogP contribution in [0.4, 0.5) is 11.4 Å². The third-order valence-electron chi connectivity index (χ3n) is 4.44. The van der Waals surface area contributed by atoms with Crippen LogP contribution in [0.5, 0.6) is 0 Å². The van der Waals surface area contributed by atoms with E-state index in [0.29, 0.717) is 17.4 Å². The number of thioether (sulfide) groups is 1. The number of nitrogens with one attached hydrogen (secondary N) is 1. The van der Waals surface area contributed by atoms with Crippen LogP contribution in [0.3, 0.4) is 0 Å². The molecule has 0 unspecified atom stereocenters. The average Bonchev–Trinajstić information content (AvgIpc) is 3.03. The normalized spacial score (nSPS) is 16.8. The molecular weight excluding hydrogens is 360 g/mol. The van der Waals surface area contributed by atoms with Gasteiger partial charge in [-0.2, -0.15) is 0 Å². The van der Waals surface area contributed by atoms with E-state index in [1.165, 1.54) is 12.7 Å². The second-order valence-corrected chi connectivity index (χ2v) is 7.85. The lowest BCUT2D eigenvalue weighted by Gasteiger charge is -2.25. The van der Waals surface area contributed by atoms with E-state index in [0.717, 1.165) is 11.3 Å². The van der Waals surface area contributed by atoms with Crippen molar-refractivity contribution in [3.63, 3.8) is 0 Å². The fraction of sp³-hybridized carbons (Fsp3) is 0.333. The minimum Gasteiger partial charge on any atom is -0.375 e. The molecule has 5 nitrogen and oxygen atoms in total. The second kappa shape index (κ2) is 8.59. The number of amides is 2. The molecule has 2 amide bonds. The molecule has 1 heterocycles. The van der Waals surface area contributed by atoms with Crippen molar-refractivity contribution in [1.82, 2.24) is 0 Å². The van der Waals surface area contributed by atoms with Gasteiger partial charge in [0.25, 0.3) is 0 Å². The van der Waals surface area contributed by atoms with Crippen molar-refractivity contribution >= 4 is 35.0 Å². The first-order valence-electron chi connectivity index (χ1n) is 8.92. The number of benzene rings is 2. The molecule has 2 aromatic carbocycles. The van der Waals surface area contributed by atoms with Gasteiger partial charge < -0.3 is 10.1 Å². The van der Waals surface area contributed by atoms with Gasteiger partial charge in [-0.15, -0.1) is 11.8 Å². The minimum atomic E-state index is -0.203. The maximum Gasteiger partial charge on any atom is 0.250 e. The third kappa shape index (κ3) is 4.51. The van der Waals surface area contributed by atoms with Crippen molar-refractivity contribution in [2.45, 2.75) is 25.1 Å². The minimum absolute atomic E-state index is 0.00914. The van der Waals surface area contributed by atoms with Gasteiger partial charge in [0.1, 0.15) is 12.0 Å². The molecule has 2 aromatic rings. The number of hydrogen-bond acceptors (Lipinski definition) is 4. The highest BCUT2D eigenvalue weighted by atomic mass is 32.2. The summed E-state index contributed by atoms with van der Waals surface area (Å²) in [6.07, 6.45) is 0. The van der Waals surface area contributed by atoms with E-state index >= 15 is 0 Å². The van der Waals surface area contributed by atoms with Crippen molar-refractivity contribution in [2.75, 3.05) is 29.7 Å². The fourth-order valence-electron chi connectivity index (χ4n) is 3.07. The molecule has 1 N–H and O–H groups in total. The highest BCUT2D eigenvalue weighted by molar-refractivity contribution is 8.00. The third-order valence-corrected chi connectivity index (χ3v) is 5.65. The molecule has 142 valence electrons. The van der Waals surface area contributed by atoms with Crippen LogP contribution in [0.2, 0.25) is 0 Å². The summed E-state index contributed by atoms with van der Waals surface area (Å²) in [6.45, 7) is 4.31. The van der Waals surface area contributed by atoms with Crippen molar-refractivity contribution in [3.05, 3.63) is 59.7 Å². The molecule has 0 bridgehead atoms. The van der Waals surface area contributed by atoms with Crippen LogP contribution in [-0.2, 0) is 14.3 Å². The molecular formula is C21H24N2O3S. The second-order valence-electron chi connectivity index (χ2n) is 6.78. The first-order chi connectivity index (χ1) is 13.0. The summed E-state index contributed by atoms with van der Waals surface area (Å²) < 4.78 is 4.85. The Bertz CT molecular complexity index is 820. The van der Waals surface area contributed by atoms with E-state index in [2.05, 4.69) is 31.3 Å². The van der Waals surface area contributed by atoms with Crippen LogP contribution in [0.25, 0.3) is 0 Å². The number of hydrogen-bond donors (Lipinski definition) is 1. The van der Waals surface area contributed by atoms with Crippen molar-refractivity contribution in [2.24, 2.45) is 0 Å². The molecule has 1 saturated heterocycles. The Kier molecular flexibility index (Phi) is 6.19. The Labute approximate surface area is 164 Å². The van der Waals surface area contributed by atoms with Gasteiger partial charge in [-0.05, 0) is 41.3 Å². The van der Waals surface area contributed by atoms with Crippen LogP contribution in [0.1, 0.15) is 36.3 Å². The van der Waals surface area contributed by atoms with E-state index in [9.17, 15) is 9.59 Å². The van der Waals surface area contributed by atoms with E-state index in [1.54, 1.807) is 11.8 Å². The highest BCUT2D eigenvalue weighted by Crippen LogP contribution is 2.42. The van der Waals surface area contributed by atoms with Crippen molar-refractivity contribution in [3.8, 4) is 0 Å². The Balaban J connectivity index is 1.84. The van der Waals surface area contributed by atoms with Gasteiger partial charge >= 0.3 is 0 Å². The van der Waals surface area contributed by atoms with Crippen LogP contribution in [0.15, 0.2) is 48.5 Å². The predicted molar refractivity (Wildman–Crippen MR) is 110 cm³/mol. The van der Waals surface area contributed by atoms with E-state index < -0.39 is 0 Å². The lowest BCUT2D eigenvalue weighted by molar-refractivity contribution is -0.119. The SMILES string of the molecule is COCC(=O)Nc1cccc([C@H]2SCC(=O)N2c2ccc(C(C)C)cc2)c1. The van der Waals surface area contributed by atoms with Crippen molar-refractivity contribution in [1.29, 1.82) is 0 Å². The highest BCUT2D eigenvalue weighted by Gasteiger charge is 2.34. The van der Waals surface area contributed by atoms with Crippen LogP contribution < -0.4 is 10.2 Å². The summed E-state index contributed by atoms with van der Waals surface area (Å²) >= 11 is 1.59. The topological polar surface area (TPSA) is 58.6 Å². The Morgan fingerprint density at radius 2 is 2.00 bits per heavy atom. The summed E-state index contributed by atoms with van der Waals surface area (Å²) in [5, 5.41) is 2.71. The smallest absolute Gasteiger partial charge is 0.250 e. The molecule has 1 aliphatic rings. The number of ether oxygens (including phenoxy) is 1. The number of anilines is 2. The summed E-state index contributed by atoms with van der Waals surface area (Å²) in [7, 11) is 1.49. The predicted octanol–water partition coefficient (Wildman–Crippen LogP) is 4.17. The summed E-state index contributed by atoms with van der Waals surface area (Å²) in [4.78, 5) is 26.1. The zero-order valence-electron chi connectivity index (χ0n) is 15.8. The van der Waals surface area contributed by atoms with Gasteiger partial charge in [-0.25, -0.2) is 0 Å². The van der Waals surface area contributed by atoms with Crippen LogP contribution in [0, 0.1) is 0 Å². The summed E-state index contributed by atoms with van der Waals surface area (Å²) in [6, 6.07) is 15.8. The molecule has 1 aliphatic heterocycles. The standard InChI is InChI=1S/C21H24N2O3S/c1-14(2)15-7-9-18(10-8-15)23-20(25)13-27-21(23)16-5-4-6-17(11-16)22-19(24)12-26-3/h4-11,14,21H,12-13H2,1-3H3,(H,22,24)/t21-/m1/s1. The summed E-state index contributed by atoms with van der Waals surface area (Å²) in [5.74, 6) is 0.782. The monoisotopic (exact) mass is 384 g/mol. The van der Waals surface area contributed by atoms with E-state index in [4.69, 9.17) is 4.74 Å². The number of carbonyl (C=O) groups excluding carboxylic acids is 2. The molecule has 0 aliphatic carbocycles.